The molecule has 0 fully saturated rings. The van der Waals surface area contributed by atoms with Crippen LogP contribution in [0, 0.1) is 0 Å². The molecule has 0 spiro atoms. The molecule has 0 aliphatic carbocycles. The van der Waals surface area contributed by atoms with E-state index in [1.54, 1.807) is 30.3 Å². The average molecular weight is 257 g/mol. The van der Waals surface area contributed by atoms with Crippen LogP contribution in [0.1, 0.15) is 5.56 Å². The predicted molar refractivity (Wildman–Crippen MR) is 64.3 cm³/mol. The monoisotopic (exact) mass is 256 g/mol. The lowest BCUT2D eigenvalue weighted by Gasteiger charge is -2.06. The number of aromatic nitrogens is 2. The van der Waals surface area contributed by atoms with Gasteiger partial charge in [0.1, 0.15) is 5.75 Å². The minimum absolute atomic E-state index is 0.593. The summed E-state index contributed by atoms with van der Waals surface area (Å²) in [7, 11) is 1.61. The van der Waals surface area contributed by atoms with Crippen LogP contribution < -0.4 is 4.74 Å². The molecule has 0 radical (unpaired) electrons. The fourth-order valence-electron chi connectivity index (χ4n) is 1.38. The molecule has 2 aromatic rings. The number of hydrogen-bond acceptors (Lipinski definition) is 2. The van der Waals surface area contributed by atoms with E-state index in [1.165, 1.54) is 0 Å². The van der Waals surface area contributed by atoms with Crippen LogP contribution in [0.4, 0.5) is 0 Å². The number of hydrogen-bond donors (Lipinski definition) is 0. The van der Waals surface area contributed by atoms with Crippen molar-refractivity contribution in [3.05, 3.63) is 46.2 Å². The first kappa shape index (κ1) is 11.3. The van der Waals surface area contributed by atoms with Gasteiger partial charge in [-0.15, -0.1) is 0 Å². The van der Waals surface area contributed by atoms with Crippen LogP contribution in [0.15, 0.2) is 30.6 Å². The lowest BCUT2D eigenvalue weighted by molar-refractivity contribution is 0.414. The van der Waals surface area contributed by atoms with Crippen LogP contribution in [0.3, 0.4) is 0 Å². The first-order valence-electron chi connectivity index (χ1n) is 4.69. The Hall–Kier alpha value is -1.19. The molecule has 1 aromatic carbocycles. The lowest BCUT2D eigenvalue weighted by atomic mass is 10.2. The largest absolute Gasteiger partial charge is 0.497 e. The summed E-state index contributed by atoms with van der Waals surface area (Å²) in [5.74, 6) is 0.743. The highest BCUT2D eigenvalue weighted by Gasteiger charge is 2.04. The second kappa shape index (κ2) is 4.76. The maximum Gasteiger partial charge on any atom is 0.120 e. The van der Waals surface area contributed by atoms with Gasteiger partial charge in [0.05, 0.1) is 24.9 Å². The van der Waals surface area contributed by atoms with Gasteiger partial charge in [-0.2, -0.15) is 5.10 Å². The molecule has 0 N–H and O–H groups in total. The van der Waals surface area contributed by atoms with E-state index in [9.17, 15) is 0 Å². The van der Waals surface area contributed by atoms with Gasteiger partial charge in [0, 0.05) is 11.2 Å². The molecule has 0 saturated heterocycles. The minimum atomic E-state index is 0.593. The summed E-state index contributed by atoms with van der Waals surface area (Å²) >= 11 is 11.9. The molecule has 5 heteroatoms. The Bertz CT molecular complexity index is 496. The molecule has 0 atom stereocenters. The van der Waals surface area contributed by atoms with Crippen molar-refractivity contribution in [1.29, 1.82) is 0 Å². The van der Waals surface area contributed by atoms with Crippen molar-refractivity contribution in [2.45, 2.75) is 6.54 Å². The Morgan fingerprint density at radius 1 is 1.38 bits per heavy atom. The second-order valence-electron chi connectivity index (χ2n) is 3.31. The molecule has 84 valence electrons. The van der Waals surface area contributed by atoms with E-state index in [0.717, 1.165) is 11.3 Å². The quantitative estimate of drug-likeness (QED) is 0.843. The summed E-state index contributed by atoms with van der Waals surface area (Å²) in [4.78, 5) is 0. The summed E-state index contributed by atoms with van der Waals surface area (Å²) in [5, 5.41) is 5.36. The van der Waals surface area contributed by atoms with Gasteiger partial charge in [0.25, 0.3) is 0 Å². The Labute approximate surface area is 104 Å². The van der Waals surface area contributed by atoms with E-state index >= 15 is 0 Å². The van der Waals surface area contributed by atoms with Crippen molar-refractivity contribution in [3.8, 4) is 5.75 Å². The highest BCUT2D eigenvalue weighted by atomic mass is 35.5. The second-order valence-corrected chi connectivity index (χ2v) is 4.16. The Morgan fingerprint density at radius 3 is 2.75 bits per heavy atom. The molecule has 3 nitrogen and oxygen atoms in total. The fraction of sp³-hybridized carbons (Fsp3) is 0.182. The highest BCUT2D eigenvalue weighted by molar-refractivity contribution is 6.31. The van der Waals surface area contributed by atoms with Crippen LogP contribution in [-0.4, -0.2) is 16.9 Å². The molecular weight excluding hydrogens is 247 g/mol. The summed E-state index contributed by atoms with van der Waals surface area (Å²) in [5.41, 5.74) is 0.974. The van der Waals surface area contributed by atoms with Gasteiger partial charge in [-0.25, -0.2) is 0 Å². The number of rotatable bonds is 3. The van der Waals surface area contributed by atoms with Gasteiger partial charge in [0.2, 0.25) is 0 Å². The molecule has 0 unspecified atom stereocenters. The Kier molecular flexibility index (Phi) is 3.36. The average Bonchev–Trinajstić information content (AvgIpc) is 2.67. The van der Waals surface area contributed by atoms with Crippen LogP contribution >= 0.6 is 23.2 Å². The van der Waals surface area contributed by atoms with Gasteiger partial charge in [0.15, 0.2) is 0 Å². The minimum Gasteiger partial charge on any atom is -0.497 e. The van der Waals surface area contributed by atoms with E-state index in [4.69, 9.17) is 27.9 Å². The number of benzene rings is 1. The zero-order valence-electron chi connectivity index (χ0n) is 8.65. The molecule has 1 aromatic heterocycles. The standard InChI is InChI=1S/C11H10Cl2N2O/c1-16-10-3-2-8(11(13)4-10)6-15-7-9(12)5-14-15/h2-5,7H,6H2,1H3. The first-order chi connectivity index (χ1) is 7.69. The van der Waals surface area contributed by atoms with E-state index in [0.29, 0.717) is 16.6 Å². The molecular formula is C11H10Cl2N2O. The number of ether oxygens (including phenoxy) is 1. The molecule has 2 rings (SSSR count). The van der Waals surface area contributed by atoms with Gasteiger partial charge < -0.3 is 4.74 Å². The third-order valence-electron chi connectivity index (χ3n) is 2.19. The SMILES string of the molecule is COc1ccc(Cn2cc(Cl)cn2)c(Cl)c1. The van der Waals surface area contributed by atoms with Gasteiger partial charge in [-0.3, -0.25) is 4.68 Å². The molecule has 16 heavy (non-hydrogen) atoms. The van der Waals surface area contributed by atoms with E-state index in [1.807, 2.05) is 12.1 Å². The van der Waals surface area contributed by atoms with E-state index in [-0.39, 0.29) is 0 Å². The zero-order chi connectivity index (χ0) is 11.5. The smallest absolute Gasteiger partial charge is 0.120 e. The van der Waals surface area contributed by atoms with Gasteiger partial charge in [-0.1, -0.05) is 29.3 Å². The topological polar surface area (TPSA) is 27.1 Å². The van der Waals surface area contributed by atoms with Crippen molar-refractivity contribution in [2.75, 3.05) is 7.11 Å². The summed E-state index contributed by atoms with van der Waals surface area (Å²) in [6.45, 7) is 0.593. The summed E-state index contributed by atoms with van der Waals surface area (Å²) in [6.07, 6.45) is 3.35. The van der Waals surface area contributed by atoms with E-state index < -0.39 is 0 Å². The lowest BCUT2D eigenvalue weighted by Crippen LogP contribution is -2.00. The maximum absolute atomic E-state index is 6.11. The summed E-state index contributed by atoms with van der Waals surface area (Å²) < 4.78 is 6.81. The zero-order valence-corrected chi connectivity index (χ0v) is 10.2. The van der Waals surface area contributed by atoms with Gasteiger partial charge in [-0.05, 0) is 17.7 Å². The van der Waals surface area contributed by atoms with Gasteiger partial charge >= 0.3 is 0 Å². The van der Waals surface area contributed by atoms with E-state index in [2.05, 4.69) is 5.10 Å². The number of methoxy groups -OCH3 is 1. The van der Waals surface area contributed by atoms with Crippen molar-refractivity contribution in [2.24, 2.45) is 0 Å². The number of halogens is 2. The molecule has 0 bridgehead atoms. The normalized spacial score (nSPS) is 10.4. The van der Waals surface area contributed by atoms with Crippen LogP contribution in [-0.2, 0) is 6.54 Å². The molecule has 0 aliphatic heterocycles. The third-order valence-corrected chi connectivity index (χ3v) is 2.74. The maximum atomic E-state index is 6.11. The third kappa shape index (κ3) is 2.49. The van der Waals surface area contributed by atoms with Crippen molar-refractivity contribution < 1.29 is 4.74 Å². The fourth-order valence-corrected chi connectivity index (χ4v) is 1.77. The summed E-state index contributed by atoms with van der Waals surface area (Å²) in [6, 6.07) is 5.56. The van der Waals surface area contributed by atoms with Crippen LogP contribution in [0.25, 0.3) is 0 Å². The van der Waals surface area contributed by atoms with Crippen molar-refractivity contribution in [3.63, 3.8) is 0 Å². The van der Waals surface area contributed by atoms with Crippen LogP contribution in [0.5, 0.6) is 5.75 Å². The highest BCUT2D eigenvalue weighted by Crippen LogP contribution is 2.23. The van der Waals surface area contributed by atoms with Crippen molar-refractivity contribution in [1.82, 2.24) is 9.78 Å². The Morgan fingerprint density at radius 2 is 2.19 bits per heavy atom. The molecule has 1 heterocycles. The Balaban J connectivity index is 2.21. The molecule has 0 amide bonds. The predicted octanol–water partition coefficient (Wildman–Crippen LogP) is 3.25. The first-order valence-corrected chi connectivity index (χ1v) is 5.45. The molecule has 0 aliphatic rings. The van der Waals surface area contributed by atoms with Crippen LogP contribution in [0.2, 0.25) is 10.0 Å². The van der Waals surface area contributed by atoms with Crippen molar-refractivity contribution >= 4 is 23.2 Å². The number of nitrogens with zero attached hydrogens (tertiary/aromatic N) is 2. The molecule has 0 saturated carbocycles.